The highest BCUT2D eigenvalue weighted by Gasteiger charge is 2.11. The fraction of sp³-hybridized carbons (Fsp3) is 0.429. The molecule has 0 saturated carbocycles. The van der Waals surface area contributed by atoms with Crippen LogP contribution in [0.25, 0.3) is 11.0 Å². The normalized spacial score (nSPS) is 13.2. The zero-order valence-corrected chi connectivity index (χ0v) is 17.5. The first-order chi connectivity index (χ1) is 14.7. The molecule has 158 valence electrons. The van der Waals surface area contributed by atoms with E-state index in [1.807, 2.05) is 7.05 Å². The quantitative estimate of drug-likeness (QED) is 0.295. The second-order valence-corrected chi connectivity index (χ2v) is 7.13. The molecule has 0 atom stereocenters. The molecule has 0 radical (unpaired) electrons. The molecular weight excluding hydrogens is 380 g/mol. The predicted molar refractivity (Wildman–Crippen MR) is 118 cm³/mol. The van der Waals surface area contributed by atoms with Gasteiger partial charge in [0.25, 0.3) is 0 Å². The summed E-state index contributed by atoms with van der Waals surface area (Å²) in [5.41, 5.74) is 3.42. The van der Waals surface area contributed by atoms with E-state index in [0.717, 1.165) is 61.1 Å². The van der Waals surface area contributed by atoms with E-state index in [1.54, 1.807) is 17.2 Å². The topological polar surface area (TPSA) is 101 Å². The van der Waals surface area contributed by atoms with E-state index >= 15 is 0 Å². The number of guanidine groups is 1. The maximum Gasteiger partial charge on any atom is 0.191 e. The molecule has 0 spiro atoms. The molecule has 9 heteroatoms. The standard InChI is InChI=1S/C21H28N8O/c1-3-22-21(24-8-6-15-4-5-18-16(12-15)7-11-30-18)25-10-9-23-19-17-13-28-29(2)20(17)27-14-26-19/h4-5,12-14H,3,6-11H2,1-2H3,(H2,22,24,25)(H,23,26,27). The number of hydrogen-bond acceptors (Lipinski definition) is 6. The van der Waals surface area contributed by atoms with E-state index in [-0.39, 0.29) is 0 Å². The highest BCUT2D eigenvalue weighted by atomic mass is 16.5. The summed E-state index contributed by atoms with van der Waals surface area (Å²) in [6.07, 6.45) is 5.24. The van der Waals surface area contributed by atoms with Gasteiger partial charge in [0.1, 0.15) is 17.9 Å². The minimum Gasteiger partial charge on any atom is -0.493 e. The van der Waals surface area contributed by atoms with Crippen molar-refractivity contribution < 1.29 is 4.74 Å². The third kappa shape index (κ3) is 4.61. The van der Waals surface area contributed by atoms with Gasteiger partial charge in [-0.25, -0.2) is 9.97 Å². The van der Waals surface area contributed by atoms with Crippen LogP contribution in [0.3, 0.4) is 0 Å². The van der Waals surface area contributed by atoms with Gasteiger partial charge in [-0.3, -0.25) is 9.67 Å². The molecule has 3 heterocycles. The lowest BCUT2D eigenvalue weighted by Crippen LogP contribution is -2.39. The number of nitrogens with zero attached hydrogens (tertiary/aromatic N) is 5. The second-order valence-electron chi connectivity index (χ2n) is 7.13. The fourth-order valence-electron chi connectivity index (χ4n) is 3.50. The number of rotatable bonds is 8. The van der Waals surface area contributed by atoms with Gasteiger partial charge < -0.3 is 20.7 Å². The van der Waals surface area contributed by atoms with Crippen molar-refractivity contribution in [1.82, 2.24) is 30.4 Å². The van der Waals surface area contributed by atoms with Crippen molar-refractivity contribution in [3.05, 3.63) is 41.9 Å². The van der Waals surface area contributed by atoms with Crippen molar-refractivity contribution >= 4 is 22.8 Å². The number of ether oxygens (including phenoxy) is 1. The van der Waals surface area contributed by atoms with Crippen LogP contribution in [0.15, 0.2) is 35.7 Å². The number of nitrogens with one attached hydrogen (secondary N) is 3. The highest BCUT2D eigenvalue weighted by molar-refractivity contribution is 5.86. The van der Waals surface area contributed by atoms with E-state index < -0.39 is 0 Å². The summed E-state index contributed by atoms with van der Waals surface area (Å²) in [5.74, 6) is 2.63. The molecule has 4 rings (SSSR count). The Morgan fingerprint density at radius 3 is 3.07 bits per heavy atom. The number of aliphatic imine (C=N–C) groups is 1. The van der Waals surface area contributed by atoms with E-state index in [0.29, 0.717) is 13.1 Å². The van der Waals surface area contributed by atoms with Crippen LogP contribution in [-0.4, -0.2) is 58.5 Å². The molecule has 3 N–H and O–H groups in total. The van der Waals surface area contributed by atoms with Crippen molar-refractivity contribution in [3.8, 4) is 5.75 Å². The van der Waals surface area contributed by atoms with Crippen LogP contribution in [0.2, 0.25) is 0 Å². The Labute approximate surface area is 176 Å². The van der Waals surface area contributed by atoms with Crippen LogP contribution >= 0.6 is 0 Å². The van der Waals surface area contributed by atoms with Crippen LogP contribution in [0.4, 0.5) is 5.82 Å². The van der Waals surface area contributed by atoms with Gasteiger partial charge in [-0.05, 0) is 30.5 Å². The van der Waals surface area contributed by atoms with Gasteiger partial charge in [0.2, 0.25) is 0 Å². The molecule has 9 nitrogen and oxygen atoms in total. The maximum atomic E-state index is 5.57. The Hall–Kier alpha value is -3.36. The Balaban J connectivity index is 1.27. The van der Waals surface area contributed by atoms with Gasteiger partial charge in [0.15, 0.2) is 11.6 Å². The van der Waals surface area contributed by atoms with Crippen molar-refractivity contribution in [3.63, 3.8) is 0 Å². The van der Waals surface area contributed by atoms with Crippen molar-refractivity contribution in [1.29, 1.82) is 0 Å². The first-order valence-corrected chi connectivity index (χ1v) is 10.4. The molecule has 30 heavy (non-hydrogen) atoms. The average Bonchev–Trinajstić information content (AvgIpc) is 3.38. The van der Waals surface area contributed by atoms with Gasteiger partial charge in [-0.2, -0.15) is 5.10 Å². The van der Waals surface area contributed by atoms with Crippen LogP contribution in [0, 0.1) is 0 Å². The number of aromatic nitrogens is 4. The molecular formula is C21H28N8O. The fourth-order valence-corrected chi connectivity index (χ4v) is 3.50. The maximum absolute atomic E-state index is 5.57. The van der Waals surface area contributed by atoms with E-state index in [4.69, 9.17) is 9.73 Å². The summed E-state index contributed by atoms with van der Waals surface area (Å²) in [6.45, 7) is 5.82. The summed E-state index contributed by atoms with van der Waals surface area (Å²) >= 11 is 0. The lowest BCUT2D eigenvalue weighted by molar-refractivity contribution is 0.357. The molecule has 0 fully saturated rings. The minimum absolute atomic E-state index is 0.705. The highest BCUT2D eigenvalue weighted by Crippen LogP contribution is 2.26. The average molecular weight is 409 g/mol. The predicted octanol–water partition coefficient (Wildman–Crippen LogP) is 1.51. The molecule has 1 aliphatic rings. The van der Waals surface area contributed by atoms with Gasteiger partial charge in [-0.1, -0.05) is 12.1 Å². The molecule has 2 aromatic heterocycles. The Morgan fingerprint density at radius 1 is 1.23 bits per heavy atom. The van der Waals surface area contributed by atoms with Gasteiger partial charge >= 0.3 is 0 Å². The van der Waals surface area contributed by atoms with E-state index in [9.17, 15) is 0 Å². The van der Waals surface area contributed by atoms with Gasteiger partial charge in [-0.15, -0.1) is 0 Å². The molecule has 0 bridgehead atoms. The lowest BCUT2D eigenvalue weighted by atomic mass is 10.1. The number of hydrogen-bond donors (Lipinski definition) is 3. The lowest BCUT2D eigenvalue weighted by Gasteiger charge is -2.12. The Kier molecular flexibility index (Phi) is 6.26. The van der Waals surface area contributed by atoms with E-state index in [2.05, 4.69) is 56.1 Å². The molecule has 0 aliphatic carbocycles. The molecule has 0 saturated heterocycles. The summed E-state index contributed by atoms with van der Waals surface area (Å²) in [5, 5.41) is 15.2. The SMILES string of the molecule is CCNC(=NCCc1ccc2c(c1)CCO2)NCCNc1ncnc2c1cnn2C. The van der Waals surface area contributed by atoms with Crippen molar-refractivity contribution in [2.45, 2.75) is 19.8 Å². The van der Waals surface area contributed by atoms with Crippen LogP contribution in [-0.2, 0) is 19.9 Å². The summed E-state index contributed by atoms with van der Waals surface area (Å²) < 4.78 is 7.31. The monoisotopic (exact) mass is 408 g/mol. The summed E-state index contributed by atoms with van der Waals surface area (Å²) in [4.78, 5) is 13.3. The minimum atomic E-state index is 0.705. The molecule has 1 aromatic carbocycles. The number of fused-ring (bicyclic) bond motifs is 2. The zero-order valence-electron chi connectivity index (χ0n) is 17.5. The molecule has 0 unspecified atom stereocenters. The number of aryl methyl sites for hydroxylation is 1. The number of anilines is 1. The van der Waals surface area contributed by atoms with E-state index in [1.165, 1.54) is 11.1 Å². The Bertz CT molecular complexity index is 1030. The smallest absolute Gasteiger partial charge is 0.191 e. The van der Waals surface area contributed by atoms with Crippen LogP contribution < -0.4 is 20.7 Å². The second kappa shape index (κ2) is 9.43. The molecule has 3 aromatic rings. The first-order valence-electron chi connectivity index (χ1n) is 10.4. The Morgan fingerprint density at radius 2 is 2.17 bits per heavy atom. The zero-order chi connectivity index (χ0) is 20.8. The van der Waals surface area contributed by atoms with Crippen LogP contribution in [0.1, 0.15) is 18.1 Å². The molecule has 0 amide bonds. The molecule has 1 aliphatic heterocycles. The summed E-state index contributed by atoms with van der Waals surface area (Å²) in [7, 11) is 1.87. The third-order valence-electron chi connectivity index (χ3n) is 5.01. The van der Waals surface area contributed by atoms with Crippen molar-refractivity contribution in [2.24, 2.45) is 12.0 Å². The largest absolute Gasteiger partial charge is 0.493 e. The number of benzene rings is 1. The van der Waals surface area contributed by atoms with Crippen molar-refractivity contribution in [2.75, 3.05) is 38.1 Å². The van der Waals surface area contributed by atoms with Crippen LogP contribution in [0.5, 0.6) is 5.75 Å². The van der Waals surface area contributed by atoms with Gasteiger partial charge in [0, 0.05) is 39.6 Å². The van der Waals surface area contributed by atoms with Gasteiger partial charge in [0.05, 0.1) is 18.2 Å². The third-order valence-corrected chi connectivity index (χ3v) is 5.01. The summed E-state index contributed by atoms with van der Waals surface area (Å²) in [6, 6.07) is 6.44. The first kappa shape index (κ1) is 19.9.